The summed E-state index contributed by atoms with van der Waals surface area (Å²) in [4.78, 5) is 2.66. The summed E-state index contributed by atoms with van der Waals surface area (Å²) in [5, 5.41) is 13.7. The molecule has 0 saturated carbocycles. The number of hydrogen-bond acceptors (Lipinski definition) is 8. The summed E-state index contributed by atoms with van der Waals surface area (Å²) < 4.78 is 43.5. The smallest absolute Gasteiger partial charge is 0.744 e. The Morgan fingerprint density at radius 3 is 2.10 bits per heavy atom. The zero-order valence-corrected chi connectivity index (χ0v) is 33.0. The van der Waals surface area contributed by atoms with Crippen molar-refractivity contribution in [2.75, 3.05) is 32.1 Å². The summed E-state index contributed by atoms with van der Waals surface area (Å²) in [5.41, 5.74) is 9.08. The van der Waals surface area contributed by atoms with E-state index in [-0.39, 0.29) is 34.5 Å². The topological polar surface area (TPSA) is 108 Å². The molecule has 9 nitrogen and oxygen atoms in total. The van der Waals surface area contributed by atoms with E-state index in [9.17, 15) is 18.2 Å². The number of benzene rings is 4. The third-order valence-electron chi connectivity index (χ3n) is 8.29. The van der Waals surface area contributed by atoms with E-state index in [1.54, 1.807) is 6.07 Å². The molecule has 0 unspecified atom stereocenters. The fraction of sp³-hybridized carbons (Fsp3) is 0.179. The predicted octanol–water partition coefficient (Wildman–Crippen LogP) is 3.28. The summed E-state index contributed by atoms with van der Waals surface area (Å²) >= 11 is 0.862. The summed E-state index contributed by atoms with van der Waals surface area (Å²) in [6.45, 7) is 6.02. The summed E-state index contributed by atoms with van der Waals surface area (Å²) in [5.74, 6) is 0. The Morgan fingerprint density at radius 2 is 1.51 bits per heavy atom. The van der Waals surface area contributed by atoms with E-state index in [2.05, 4.69) is 109 Å². The molecule has 0 fully saturated rings. The van der Waals surface area contributed by atoms with E-state index >= 15 is 0 Å². The van der Waals surface area contributed by atoms with Gasteiger partial charge in [0, 0.05) is 53.5 Å². The van der Waals surface area contributed by atoms with Gasteiger partial charge in [-0.05, 0) is 108 Å². The second-order valence-corrected chi connectivity index (χ2v) is 13.9. The van der Waals surface area contributed by atoms with Crippen LogP contribution in [0.25, 0.3) is 5.57 Å². The minimum Gasteiger partial charge on any atom is -0.744 e. The van der Waals surface area contributed by atoms with Crippen LogP contribution in [0.5, 0.6) is 0 Å². The molecule has 0 aliphatic heterocycles. The molecule has 1 aliphatic rings. The van der Waals surface area contributed by atoms with Crippen molar-refractivity contribution in [3.05, 3.63) is 149 Å². The van der Waals surface area contributed by atoms with Crippen molar-refractivity contribution in [1.82, 2.24) is 0 Å². The quantitative estimate of drug-likeness (QED) is 0.0393. The molecule has 12 heteroatoms. The molecule has 0 heterocycles. The molecule has 0 aromatic heterocycles. The first-order valence-electron chi connectivity index (χ1n) is 16.1. The minimum atomic E-state index is -4.53. The fourth-order valence-electron chi connectivity index (χ4n) is 5.72. The van der Waals surface area contributed by atoms with Gasteiger partial charge in [0.2, 0.25) is 5.69 Å². The van der Waals surface area contributed by atoms with Gasteiger partial charge < -0.3 is 14.7 Å². The van der Waals surface area contributed by atoms with Gasteiger partial charge in [-0.15, -0.1) is 0 Å². The van der Waals surface area contributed by atoms with Crippen LogP contribution in [0.2, 0.25) is 0 Å². The Kier molecular flexibility index (Phi) is 14.8. The van der Waals surface area contributed by atoms with Gasteiger partial charge in [-0.3, -0.25) is 5.04 Å². The number of nitrogens with zero attached hydrogens (tertiary/aromatic N) is 3. The average Bonchev–Trinajstić information content (AvgIpc) is 3.13. The first kappa shape index (κ1) is 40.2. The van der Waals surface area contributed by atoms with Gasteiger partial charge in [0.05, 0.1) is 16.9 Å². The predicted molar refractivity (Wildman–Crippen MR) is 196 cm³/mol. The number of anilines is 1. The fourth-order valence-corrected chi connectivity index (χ4v) is 6.68. The Hall–Kier alpha value is -3.62. The van der Waals surface area contributed by atoms with Gasteiger partial charge in [0.1, 0.15) is 30.8 Å². The van der Waals surface area contributed by atoms with Crippen LogP contribution in [0.4, 0.5) is 11.4 Å². The number of rotatable bonds is 13. The van der Waals surface area contributed by atoms with Crippen LogP contribution in [0.15, 0.2) is 137 Å². The van der Waals surface area contributed by atoms with Crippen molar-refractivity contribution in [3.63, 3.8) is 0 Å². The molecule has 0 spiro atoms. The maximum Gasteiger partial charge on any atom is 1.00 e. The van der Waals surface area contributed by atoms with Crippen LogP contribution in [0.1, 0.15) is 36.1 Å². The molecule has 1 aliphatic carbocycles. The molecule has 4 aromatic rings. The largest absolute Gasteiger partial charge is 1.00 e. The van der Waals surface area contributed by atoms with Crippen molar-refractivity contribution in [2.45, 2.75) is 30.2 Å². The van der Waals surface area contributed by atoms with Crippen LogP contribution in [-0.4, -0.2) is 61.2 Å². The third-order valence-corrected chi connectivity index (χ3v) is 9.69. The first-order chi connectivity index (χ1) is 24.1. The van der Waals surface area contributed by atoms with Crippen molar-refractivity contribution < 1.29 is 66.3 Å². The zero-order valence-electron chi connectivity index (χ0n) is 29.4. The van der Waals surface area contributed by atoms with E-state index in [1.807, 2.05) is 51.4 Å². The SMILES string of the molecule is CCN(Cc1cccc(S(=O)(=O)[O-])c1)c1ccc(C(=C2C=CC(=[N+](C)C)C=C2)c2ccc([N+](=Cc3cccc(SOO[O-])c3)CC)cc2)cc1.[Na+]. The number of allylic oxidation sites excluding steroid dienone is 5. The second-order valence-electron chi connectivity index (χ2n) is 11.7. The zero-order chi connectivity index (χ0) is 35.7. The molecule has 5 rings (SSSR count). The Morgan fingerprint density at radius 1 is 0.863 bits per heavy atom. The molecule has 0 N–H and O–H groups in total. The molecule has 4 aromatic carbocycles. The van der Waals surface area contributed by atoms with Crippen LogP contribution in [-0.2, 0) is 26.0 Å². The van der Waals surface area contributed by atoms with Gasteiger partial charge in [0.15, 0.2) is 11.9 Å². The van der Waals surface area contributed by atoms with Gasteiger partial charge in [0.25, 0.3) is 0 Å². The number of hydrogen-bond donors (Lipinski definition) is 0. The van der Waals surface area contributed by atoms with Crippen molar-refractivity contribution >= 4 is 51.0 Å². The van der Waals surface area contributed by atoms with E-state index in [0.29, 0.717) is 13.1 Å². The van der Waals surface area contributed by atoms with Crippen molar-refractivity contribution in [2.24, 2.45) is 0 Å². The summed E-state index contributed by atoms with van der Waals surface area (Å²) in [6.07, 6.45) is 10.6. The monoisotopic (exact) mass is 732 g/mol. The molecular formula is C39H39N3NaO6S2+. The van der Waals surface area contributed by atoms with Gasteiger partial charge >= 0.3 is 29.6 Å². The van der Waals surface area contributed by atoms with E-state index in [4.69, 9.17) is 0 Å². The first-order valence-corrected chi connectivity index (χ1v) is 18.2. The maximum absolute atomic E-state index is 11.6. The average molecular weight is 733 g/mol. The molecule has 51 heavy (non-hydrogen) atoms. The van der Waals surface area contributed by atoms with E-state index in [1.165, 1.54) is 12.1 Å². The van der Waals surface area contributed by atoms with E-state index < -0.39 is 10.1 Å². The molecule has 258 valence electrons. The van der Waals surface area contributed by atoms with E-state index in [0.717, 1.165) is 74.0 Å². The standard InChI is InChI=1S/C39H39N3O6S2.Na/c1-5-41(27-29-9-7-11-37(25-29)49-48-47-43)35-21-15-32(16-22-35)39(31-13-19-34(20-14-31)40(3)4)33-17-23-36(24-18-33)42(6-2)28-30-10-8-12-38(26-30)50(44,45)46;/h7-27H,5-6,28H2,1-4H3;/q;+1. The summed E-state index contributed by atoms with van der Waals surface area (Å²) in [7, 11) is -0.491. The Balaban J connectivity index is 0.00000583. The van der Waals surface area contributed by atoms with Gasteiger partial charge in [-0.1, -0.05) is 30.3 Å². The molecule has 0 bridgehead atoms. The van der Waals surface area contributed by atoms with Crippen LogP contribution in [0.3, 0.4) is 0 Å². The molecule has 0 atom stereocenters. The molecule has 0 amide bonds. The summed E-state index contributed by atoms with van der Waals surface area (Å²) in [6, 6.07) is 30.7. The second kappa shape index (κ2) is 18.7. The Bertz CT molecular complexity index is 2070. The van der Waals surface area contributed by atoms with Crippen molar-refractivity contribution in [3.8, 4) is 0 Å². The van der Waals surface area contributed by atoms with Crippen LogP contribution in [0, 0.1) is 0 Å². The Labute approximate surface area is 326 Å². The van der Waals surface area contributed by atoms with Crippen molar-refractivity contribution in [1.29, 1.82) is 0 Å². The normalized spacial score (nSPS) is 12.9. The van der Waals surface area contributed by atoms with Crippen LogP contribution < -0.4 is 39.7 Å². The molecule has 0 saturated heterocycles. The maximum atomic E-state index is 11.6. The van der Waals surface area contributed by atoms with Gasteiger partial charge in [-0.2, -0.15) is 8.91 Å². The van der Waals surface area contributed by atoms with Gasteiger partial charge in [-0.25, -0.2) is 13.0 Å². The third kappa shape index (κ3) is 10.7. The minimum absolute atomic E-state index is 0. The van der Waals surface area contributed by atoms with Crippen LogP contribution >= 0.6 is 12.0 Å². The molecular weight excluding hydrogens is 694 g/mol. The molecule has 0 radical (unpaired) electrons.